The second kappa shape index (κ2) is 42.1. The highest BCUT2D eigenvalue weighted by molar-refractivity contribution is 7.47. The number of phosphoric acid groups is 1. The number of carbonyl (C=O) groups is 2. The topological polar surface area (TPSA) is 108 Å². The minimum Gasteiger partial charge on any atom is -0.462 e. The molecular weight excluding hydrogens is 762 g/mol. The number of carbonyl (C=O) groups excluding carboxylic acids is 2. The molecule has 0 aliphatic carbocycles. The molecule has 0 aromatic carbocycles. The van der Waals surface area contributed by atoms with E-state index in [2.05, 4.69) is 26.0 Å². The van der Waals surface area contributed by atoms with Gasteiger partial charge in [0.2, 0.25) is 0 Å². The van der Waals surface area contributed by atoms with Gasteiger partial charge in [-0.05, 0) is 38.5 Å². The summed E-state index contributed by atoms with van der Waals surface area (Å²) >= 11 is 0. The molecule has 59 heavy (non-hydrogen) atoms. The highest BCUT2D eigenvalue weighted by atomic mass is 31.2. The molecule has 1 N–H and O–H groups in total. The van der Waals surface area contributed by atoms with Crippen molar-refractivity contribution in [2.45, 2.75) is 245 Å². The van der Waals surface area contributed by atoms with Crippen molar-refractivity contribution in [3.8, 4) is 0 Å². The molecule has 0 rings (SSSR count). The molecule has 0 aromatic rings. The van der Waals surface area contributed by atoms with Crippen LogP contribution in [0.5, 0.6) is 0 Å². The molecule has 0 saturated heterocycles. The summed E-state index contributed by atoms with van der Waals surface area (Å²) in [7, 11) is 1.48. The lowest BCUT2D eigenvalue weighted by atomic mass is 10.0. The van der Waals surface area contributed by atoms with Gasteiger partial charge in [0, 0.05) is 12.8 Å². The predicted molar refractivity (Wildman–Crippen MR) is 248 cm³/mol. The van der Waals surface area contributed by atoms with Crippen LogP contribution >= 0.6 is 7.82 Å². The maximum Gasteiger partial charge on any atom is 0.472 e. The minimum atomic E-state index is -4.37. The smallest absolute Gasteiger partial charge is 0.462 e. The van der Waals surface area contributed by atoms with Crippen molar-refractivity contribution in [1.29, 1.82) is 0 Å². The molecule has 1 unspecified atom stereocenters. The largest absolute Gasteiger partial charge is 0.472 e. The Hall–Kier alpha value is -1.25. The normalized spacial score (nSPS) is 13.5. The minimum absolute atomic E-state index is 0.0334. The average molecular weight is 859 g/mol. The number of phosphoric ester groups is 1. The van der Waals surface area contributed by atoms with Crippen LogP contribution in [0.2, 0.25) is 0 Å². The Balaban J connectivity index is 4.20. The van der Waals surface area contributed by atoms with Gasteiger partial charge in [0.1, 0.15) is 19.8 Å². The van der Waals surface area contributed by atoms with Crippen molar-refractivity contribution < 1.29 is 42.1 Å². The molecule has 0 aliphatic rings. The lowest BCUT2D eigenvalue weighted by molar-refractivity contribution is -0.870. The summed E-state index contributed by atoms with van der Waals surface area (Å²) in [6, 6.07) is 0. The van der Waals surface area contributed by atoms with Gasteiger partial charge in [-0.25, -0.2) is 4.57 Å². The van der Waals surface area contributed by atoms with Gasteiger partial charge in [-0.15, -0.1) is 0 Å². The van der Waals surface area contributed by atoms with Crippen molar-refractivity contribution in [1.82, 2.24) is 0 Å². The van der Waals surface area contributed by atoms with Crippen LogP contribution in [0, 0.1) is 0 Å². The molecule has 0 saturated carbocycles. The fraction of sp³-hybridized carbons (Fsp3) is 0.918. The van der Waals surface area contributed by atoms with Crippen LogP contribution in [0.25, 0.3) is 0 Å². The quantitative estimate of drug-likeness (QED) is 0.0212. The van der Waals surface area contributed by atoms with Crippen molar-refractivity contribution in [2.75, 3.05) is 47.5 Å². The molecule has 0 bridgehead atoms. The van der Waals surface area contributed by atoms with Gasteiger partial charge >= 0.3 is 19.8 Å². The van der Waals surface area contributed by atoms with Crippen LogP contribution in [0.3, 0.4) is 0 Å². The zero-order valence-electron chi connectivity index (χ0n) is 39.5. The second-order valence-electron chi connectivity index (χ2n) is 18.2. The second-order valence-corrected chi connectivity index (χ2v) is 19.7. The summed E-state index contributed by atoms with van der Waals surface area (Å²) in [5.41, 5.74) is 0. The van der Waals surface area contributed by atoms with E-state index < -0.39 is 26.5 Å². The SMILES string of the molecule is CCCCCCC/C=C/CCCCCCCC(=O)O[C@@H](COC(=O)CCCCCCCCCCCCCCCCCCCCCCC)COP(=O)(O)OCC[N+](C)(C)C. The van der Waals surface area contributed by atoms with Crippen LogP contribution in [-0.2, 0) is 32.7 Å². The Morgan fingerprint density at radius 1 is 0.508 bits per heavy atom. The number of hydrogen-bond donors (Lipinski definition) is 1. The summed E-state index contributed by atoms with van der Waals surface area (Å²) in [6.07, 6.45) is 45.5. The van der Waals surface area contributed by atoms with E-state index in [9.17, 15) is 19.0 Å². The Bertz CT molecular complexity index is 1020. The molecule has 0 heterocycles. The first-order valence-electron chi connectivity index (χ1n) is 24.9. The number of hydrogen-bond acceptors (Lipinski definition) is 7. The van der Waals surface area contributed by atoms with Crippen LogP contribution in [-0.4, -0.2) is 74.9 Å². The fourth-order valence-corrected chi connectivity index (χ4v) is 7.87. The molecule has 2 atom stereocenters. The maximum atomic E-state index is 12.7. The first-order chi connectivity index (χ1) is 28.5. The molecule has 350 valence electrons. The van der Waals surface area contributed by atoms with E-state index in [1.165, 1.54) is 154 Å². The van der Waals surface area contributed by atoms with Crippen LogP contribution in [0.15, 0.2) is 12.2 Å². The summed E-state index contributed by atoms with van der Waals surface area (Å²) in [5, 5.41) is 0. The van der Waals surface area contributed by atoms with Crippen molar-refractivity contribution in [2.24, 2.45) is 0 Å². The third-order valence-corrected chi connectivity index (χ3v) is 12.0. The number of likely N-dealkylation sites (N-methyl/N-ethyl adjacent to an activating group) is 1. The van der Waals surface area contributed by atoms with Crippen LogP contribution < -0.4 is 0 Å². The fourth-order valence-electron chi connectivity index (χ4n) is 7.13. The lowest BCUT2D eigenvalue weighted by Crippen LogP contribution is -2.37. The third-order valence-electron chi connectivity index (χ3n) is 11.0. The van der Waals surface area contributed by atoms with E-state index in [0.717, 1.165) is 51.4 Å². The zero-order chi connectivity index (χ0) is 43.6. The lowest BCUT2D eigenvalue weighted by Gasteiger charge is -2.24. The summed E-state index contributed by atoms with van der Waals surface area (Å²) < 4.78 is 34.4. The zero-order valence-corrected chi connectivity index (χ0v) is 40.4. The molecule has 0 amide bonds. The number of nitrogens with zero attached hydrogens (tertiary/aromatic N) is 1. The van der Waals surface area contributed by atoms with Gasteiger partial charge in [-0.1, -0.05) is 199 Å². The Morgan fingerprint density at radius 2 is 0.864 bits per heavy atom. The monoisotopic (exact) mass is 859 g/mol. The van der Waals surface area contributed by atoms with E-state index in [-0.39, 0.29) is 25.6 Å². The highest BCUT2D eigenvalue weighted by Gasteiger charge is 2.27. The molecule has 0 fully saturated rings. The van der Waals surface area contributed by atoms with Crippen molar-refractivity contribution in [3.05, 3.63) is 12.2 Å². The van der Waals surface area contributed by atoms with Gasteiger partial charge in [-0.3, -0.25) is 18.6 Å². The Labute approximate surface area is 365 Å². The number of unbranched alkanes of at least 4 members (excludes halogenated alkanes) is 30. The first-order valence-corrected chi connectivity index (χ1v) is 26.4. The molecule has 0 radical (unpaired) electrons. The molecule has 0 aromatic heterocycles. The number of ether oxygens (including phenoxy) is 2. The molecule has 10 heteroatoms. The Kier molecular flexibility index (Phi) is 41.2. The molecule has 0 spiro atoms. The van der Waals surface area contributed by atoms with Gasteiger partial charge < -0.3 is 18.9 Å². The van der Waals surface area contributed by atoms with Crippen LogP contribution in [0.4, 0.5) is 0 Å². The summed E-state index contributed by atoms with van der Waals surface area (Å²) in [5.74, 6) is -0.795. The molecule has 9 nitrogen and oxygen atoms in total. The van der Waals surface area contributed by atoms with Gasteiger partial charge in [-0.2, -0.15) is 0 Å². The Morgan fingerprint density at radius 3 is 1.25 bits per heavy atom. The van der Waals surface area contributed by atoms with E-state index in [1.807, 2.05) is 21.1 Å². The van der Waals surface area contributed by atoms with E-state index in [0.29, 0.717) is 23.9 Å². The van der Waals surface area contributed by atoms with Crippen molar-refractivity contribution >= 4 is 19.8 Å². The van der Waals surface area contributed by atoms with Gasteiger partial charge in [0.15, 0.2) is 6.10 Å². The van der Waals surface area contributed by atoms with E-state index in [1.54, 1.807) is 0 Å². The van der Waals surface area contributed by atoms with Gasteiger partial charge in [0.25, 0.3) is 0 Å². The maximum absolute atomic E-state index is 12.7. The predicted octanol–water partition coefficient (Wildman–Crippen LogP) is 14.5. The average Bonchev–Trinajstić information content (AvgIpc) is 3.19. The number of rotatable bonds is 46. The van der Waals surface area contributed by atoms with Crippen molar-refractivity contribution in [3.63, 3.8) is 0 Å². The van der Waals surface area contributed by atoms with Gasteiger partial charge in [0.05, 0.1) is 27.7 Å². The first kappa shape index (κ1) is 57.8. The standard InChI is InChI=1S/C49H96NO8P/c1-6-8-10-12-14-16-18-20-22-23-24-25-26-27-28-30-31-33-35-37-39-41-48(51)55-45-47(46-57-59(53,54)56-44-43-50(3,4)5)58-49(52)42-40-38-36-34-32-29-21-19-17-15-13-11-9-7-2/h19,21,47H,6-18,20,22-46H2,1-5H3/p+1/b21-19+/t47-/m0/s1. The summed E-state index contributed by atoms with van der Waals surface area (Å²) in [6.45, 7) is 4.45. The molecular formula is C49H97NO8P+. The third kappa shape index (κ3) is 46.1. The van der Waals surface area contributed by atoms with E-state index >= 15 is 0 Å². The highest BCUT2D eigenvalue weighted by Crippen LogP contribution is 2.43. The number of allylic oxidation sites excluding steroid dienone is 2. The van der Waals surface area contributed by atoms with E-state index in [4.69, 9.17) is 18.5 Å². The number of esters is 2. The summed E-state index contributed by atoms with van der Waals surface area (Å²) in [4.78, 5) is 35.5. The molecule has 0 aliphatic heterocycles. The number of quaternary nitrogens is 1. The van der Waals surface area contributed by atoms with Crippen LogP contribution in [0.1, 0.15) is 239 Å².